The van der Waals surface area contributed by atoms with E-state index in [2.05, 4.69) is 4.98 Å². The second-order valence-electron chi connectivity index (χ2n) is 6.84. The van der Waals surface area contributed by atoms with E-state index in [1.54, 1.807) is 13.0 Å². The summed E-state index contributed by atoms with van der Waals surface area (Å²) in [5, 5.41) is 0.864. The summed E-state index contributed by atoms with van der Waals surface area (Å²) in [5.74, 6) is -2.22. The third-order valence-corrected chi connectivity index (χ3v) is 4.63. The van der Waals surface area contributed by atoms with Gasteiger partial charge in [0.25, 0.3) is 5.91 Å². The van der Waals surface area contributed by atoms with Crippen LogP contribution in [-0.4, -0.2) is 36.5 Å². The highest BCUT2D eigenvalue weighted by molar-refractivity contribution is 6.08. The third-order valence-electron chi connectivity index (χ3n) is 4.63. The van der Waals surface area contributed by atoms with Crippen LogP contribution in [0, 0.1) is 0 Å². The highest BCUT2D eigenvalue weighted by Crippen LogP contribution is 2.31. The van der Waals surface area contributed by atoms with Crippen LogP contribution in [0.5, 0.6) is 0 Å². The van der Waals surface area contributed by atoms with E-state index in [0.29, 0.717) is 5.56 Å². The van der Waals surface area contributed by atoms with Crippen LogP contribution in [0.4, 0.5) is 5.82 Å². The van der Waals surface area contributed by atoms with Crippen molar-refractivity contribution in [2.75, 3.05) is 18.8 Å². The number of hydroxylamine groups is 1. The summed E-state index contributed by atoms with van der Waals surface area (Å²) in [6.45, 7) is 1.78. The summed E-state index contributed by atoms with van der Waals surface area (Å²) in [7, 11) is 1.24. The quantitative estimate of drug-likeness (QED) is 0.278. The maximum Gasteiger partial charge on any atom is 0.342 e. The number of hydrogen-bond donors (Lipinski definition) is 0. The van der Waals surface area contributed by atoms with Gasteiger partial charge in [0.2, 0.25) is 0 Å². The topological polar surface area (TPSA) is 95.0 Å². The standard InChI is InChI=1S/C25H24N2O6/c1-3-32-22(29)16-21(28)27(33-17-18-10-6-4-7-11-18)24-23(25(30)31-2)20(14-15-26-24)19-12-8-5-9-13-19/h4-15H,3,16-17H2,1-2H3. The number of pyridine rings is 1. The van der Waals surface area contributed by atoms with Crippen LogP contribution < -0.4 is 5.06 Å². The minimum Gasteiger partial charge on any atom is -0.466 e. The number of carbonyl (C=O) groups is 3. The van der Waals surface area contributed by atoms with Crippen LogP contribution in [-0.2, 0) is 30.5 Å². The molecule has 1 amide bonds. The number of amides is 1. The Labute approximate surface area is 191 Å². The third kappa shape index (κ3) is 6.02. The molecule has 1 heterocycles. The number of benzene rings is 2. The number of methoxy groups -OCH3 is 1. The number of nitrogens with zero attached hydrogens (tertiary/aromatic N) is 2. The van der Waals surface area contributed by atoms with Gasteiger partial charge in [0.1, 0.15) is 18.6 Å². The van der Waals surface area contributed by atoms with Gasteiger partial charge in [-0.2, -0.15) is 5.06 Å². The Morgan fingerprint density at radius 3 is 2.24 bits per heavy atom. The molecule has 0 bridgehead atoms. The van der Waals surface area contributed by atoms with E-state index in [-0.39, 0.29) is 24.6 Å². The average molecular weight is 448 g/mol. The number of esters is 2. The van der Waals surface area contributed by atoms with Gasteiger partial charge in [-0.05, 0) is 24.1 Å². The van der Waals surface area contributed by atoms with Gasteiger partial charge in [-0.1, -0.05) is 60.7 Å². The van der Waals surface area contributed by atoms with Gasteiger partial charge in [0, 0.05) is 11.8 Å². The summed E-state index contributed by atoms with van der Waals surface area (Å²) in [6, 6.07) is 20.0. The molecule has 3 aromatic rings. The van der Waals surface area contributed by atoms with Crippen LogP contribution in [0.1, 0.15) is 29.3 Å². The zero-order valence-corrected chi connectivity index (χ0v) is 18.4. The monoisotopic (exact) mass is 448 g/mol. The zero-order chi connectivity index (χ0) is 23.6. The van der Waals surface area contributed by atoms with Crippen molar-refractivity contribution in [2.45, 2.75) is 20.0 Å². The van der Waals surface area contributed by atoms with E-state index >= 15 is 0 Å². The lowest BCUT2D eigenvalue weighted by molar-refractivity contribution is -0.147. The molecular weight excluding hydrogens is 424 g/mol. The first-order chi connectivity index (χ1) is 16.0. The van der Waals surface area contributed by atoms with E-state index in [4.69, 9.17) is 14.3 Å². The molecule has 0 radical (unpaired) electrons. The van der Waals surface area contributed by atoms with Gasteiger partial charge >= 0.3 is 11.9 Å². The largest absolute Gasteiger partial charge is 0.466 e. The fraction of sp³-hybridized carbons (Fsp3) is 0.200. The molecule has 0 aliphatic heterocycles. The lowest BCUT2D eigenvalue weighted by Gasteiger charge is -2.23. The number of carbonyl (C=O) groups excluding carboxylic acids is 3. The number of rotatable bonds is 9. The van der Waals surface area contributed by atoms with E-state index in [0.717, 1.165) is 16.2 Å². The molecule has 0 atom stereocenters. The van der Waals surface area contributed by atoms with Crippen molar-refractivity contribution in [3.63, 3.8) is 0 Å². The van der Waals surface area contributed by atoms with Gasteiger partial charge < -0.3 is 9.47 Å². The molecule has 0 aliphatic rings. The van der Waals surface area contributed by atoms with E-state index in [1.165, 1.54) is 13.3 Å². The lowest BCUT2D eigenvalue weighted by Crippen LogP contribution is -2.35. The molecule has 1 aromatic heterocycles. The number of hydrogen-bond acceptors (Lipinski definition) is 7. The molecule has 33 heavy (non-hydrogen) atoms. The highest BCUT2D eigenvalue weighted by Gasteiger charge is 2.29. The lowest BCUT2D eigenvalue weighted by atomic mass is 10.0. The maximum atomic E-state index is 13.1. The van der Waals surface area contributed by atoms with E-state index in [1.807, 2.05) is 60.7 Å². The van der Waals surface area contributed by atoms with Crippen LogP contribution in [0.2, 0.25) is 0 Å². The molecule has 170 valence electrons. The fourth-order valence-electron chi connectivity index (χ4n) is 3.14. The molecule has 0 unspecified atom stereocenters. The van der Waals surface area contributed by atoms with Crippen molar-refractivity contribution in [1.29, 1.82) is 0 Å². The van der Waals surface area contributed by atoms with Crippen molar-refractivity contribution in [1.82, 2.24) is 4.98 Å². The Bertz CT molecular complexity index is 1100. The minimum atomic E-state index is -0.729. The Kier molecular flexibility index (Phi) is 8.26. The molecule has 0 saturated carbocycles. The predicted molar refractivity (Wildman–Crippen MR) is 121 cm³/mol. The Morgan fingerprint density at radius 2 is 1.61 bits per heavy atom. The van der Waals surface area contributed by atoms with Crippen LogP contribution in [0.25, 0.3) is 11.1 Å². The van der Waals surface area contributed by atoms with Crippen LogP contribution >= 0.6 is 0 Å². The first kappa shape index (κ1) is 23.6. The summed E-state index contributed by atoms with van der Waals surface area (Å²) in [6.07, 6.45) is 0.876. The molecule has 0 N–H and O–H groups in total. The van der Waals surface area contributed by atoms with Gasteiger partial charge in [-0.15, -0.1) is 0 Å². The summed E-state index contributed by atoms with van der Waals surface area (Å²) in [4.78, 5) is 47.9. The molecule has 0 fully saturated rings. The van der Waals surface area contributed by atoms with Gasteiger partial charge in [0.15, 0.2) is 5.82 Å². The SMILES string of the molecule is CCOC(=O)CC(=O)N(OCc1ccccc1)c1nccc(-c2ccccc2)c1C(=O)OC. The first-order valence-corrected chi connectivity index (χ1v) is 10.3. The van der Waals surface area contributed by atoms with Crippen LogP contribution in [0.3, 0.4) is 0 Å². The van der Waals surface area contributed by atoms with Crippen molar-refractivity contribution < 1.29 is 28.7 Å². The van der Waals surface area contributed by atoms with Crippen molar-refractivity contribution in [2.24, 2.45) is 0 Å². The van der Waals surface area contributed by atoms with Crippen molar-refractivity contribution >= 4 is 23.7 Å². The summed E-state index contributed by atoms with van der Waals surface area (Å²) >= 11 is 0. The first-order valence-electron chi connectivity index (χ1n) is 10.3. The van der Waals surface area contributed by atoms with Crippen molar-refractivity contribution in [3.05, 3.63) is 84.1 Å². The molecule has 0 saturated heterocycles. The minimum absolute atomic E-state index is 0.00720. The van der Waals surface area contributed by atoms with Gasteiger partial charge in [0.05, 0.1) is 13.7 Å². The molecule has 8 nitrogen and oxygen atoms in total. The maximum absolute atomic E-state index is 13.1. The number of aromatic nitrogens is 1. The predicted octanol–water partition coefficient (Wildman–Crippen LogP) is 3.95. The highest BCUT2D eigenvalue weighted by atomic mass is 16.7. The Hall–Kier alpha value is -4.04. The summed E-state index contributed by atoms with van der Waals surface area (Å²) < 4.78 is 9.89. The second kappa shape index (κ2) is 11.5. The van der Waals surface area contributed by atoms with E-state index in [9.17, 15) is 14.4 Å². The van der Waals surface area contributed by atoms with Gasteiger partial charge in [-0.25, -0.2) is 9.78 Å². The zero-order valence-electron chi connectivity index (χ0n) is 18.4. The number of anilines is 1. The van der Waals surface area contributed by atoms with Gasteiger partial charge in [-0.3, -0.25) is 14.4 Å². The molecule has 3 rings (SSSR count). The normalized spacial score (nSPS) is 10.4. The smallest absolute Gasteiger partial charge is 0.342 e. The average Bonchev–Trinajstić information content (AvgIpc) is 2.84. The molecular formula is C25H24N2O6. The Balaban J connectivity index is 2.06. The second-order valence-corrected chi connectivity index (χ2v) is 6.84. The number of ether oxygens (including phenoxy) is 2. The fourth-order valence-corrected chi connectivity index (χ4v) is 3.14. The molecule has 0 spiro atoms. The summed E-state index contributed by atoms with van der Waals surface area (Å²) in [5.41, 5.74) is 2.05. The van der Waals surface area contributed by atoms with E-state index < -0.39 is 24.3 Å². The Morgan fingerprint density at radius 1 is 0.939 bits per heavy atom. The molecule has 0 aliphatic carbocycles. The molecule has 8 heteroatoms. The molecule has 2 aromatic carbocycles. The van der Waals surface area contributed by atoms with Crippen molar-refractivity contribution in [3.8, 4) is 11.1 Å². The van der Waals surface area contributed by atoms with Crippen LogP contribution in [0.15, 0.2) is 72.9 Å².